The van der Waals surface area contributed by atoms with Crippen LogP contribution in [0.15, 0.2) is 24.5 Å². The van der Waals surface area contributed by atoms with Crippen molar-refractivity contribution in [2.75, 3.05) is 0 Å². The number of hydrogen-bond donors (Lipinski definition) is 0. The molecule has 1 aromatic carbocycles. The fourth-order valence-electron chi connectivity index (χ4n) is 1.54. The van der Waals surface area contributed by atoms with E-state index in [9.17, 15) is 4.39 Å². The van der Waals surface area contributed by atoms with Crippen molar-refractivity contribution in [3.05, 3.63) is 46.6 Å². The van der Waals surface area contributed by atoms with Crippen LogP contribution in [0.5, 0.6) is 11.6 Å². The first kappa shape index (κ1) is 11.8. The van der Waals surface area contributed by atoms with Crippen molar-refractivity contribution in [1.82, 2.24) is 9.97 Å². The van der Waals surface area contributed by atoms with Crippen LogP contribution in [0, 0.1) is 19.8 Å². The van der Waals surface area contributed by atoms with Gasteiger partial charge in [0, 0.05) is 5.02 Å². The molecule has 0 bridgehead atoms. The lowest BCUT2D eigenvalue weighted by Gasteiger charge is -2.11. The quantitative estimate of drug-likeness (QED) is 0.765. The Morgan fingerprint density at radius 2 is 1.76 bits per heavy atom. The molecule has 0 aliphatic heterocycles. The lowest BCUT2D eigenvalue weighted by atomic mass is 10.1. The van der Waals surface area contributed by atoms with Gasteiger partial charge in [0.1, 0.15) is 12.1 Å². The molecule has 0 saturated heterocycles. The van der Waals surface area contributed by atoms with Gasteiger partial charge in [-0.05, 0) is 37.1 Å². The molecule has 2 rings (SSSR count). The SMILES string of the molecule is Cc1cc(Cl)cc(C)c1Oc1cc(F)ncn1. The summed E-state index contributed by atoms with van der Waals surface area (Å²) in [6, 6.07) is 4.69. The van der Waals surface area contributed by atoms with Crippen molar-refractivity contribution in [1.29, 1.82) is 0 Å². The average molecular weight is 253 g/mol. The molecule has 2 aromatic rings. The van der Waals surface area contributed by atoms with Gasteiger partial charge in [0.2, 0.25) is 11.8 Å². The summed E-state index contributed by atoms with van der Waals surface area (Å²) in [6.45, 7) is 3.73. The second-order valence-corrected chi connectivity index (χ2v) is 4.09. The van der Waals surface area contributed by atoms with Gasteiger partial charge >= 0.3 is 0 Å². The third kappa shape index (κ3) is 2.71. The van der Waals surface area contributed by atoms with Crippen molar-refractivity contribution in [2.45, 2.75) is 13.8 Å². The maximum atomic E-state index is 12.9. The molecule has 0 atom stereocenters. The Hall–Kier alpha value is -1.68. The van der Waals surface area contributed by atoms with Crippen LogP contribution in [0.1, 0.15) is 11.1 Å². The fourth-order valence-corrected chi connectivity index (χ4v) is 1.86. The Kier molecular flexibility index (Phi) is 3.24. The van der Waals surface area contributed by atoms with E-state index in [2.05, 4.69) is 9.97 Å². The van der Waals surface area contributed by atoms with Gasteiger partial charge in [-0.2, -0.15) is 4.39 Å². The van der Waals surface area contributed by atoms with Gasteiger partial charge in [-0.1, -0.05) is 11.6 Å². The first-order valence-corrected chi connectivity index (χ1v) is 5.36. The number of ether oxygens (including phenoxy) is 1. The van der Waals surface area contributed by atoms with Crippen molar-refractivity contribution in [3.8, 4) is 11.6 Å². The van der Waals surface area contributed by atoms with Crippen molar-refractivity contribution < 1.29 is 9.13 Å². The number of hydrogen-bond acceptors (Lipinski definition) is 3. The monoisotopic (exact) mass is 252 g/mol. The highest BCUT2D eigenvalue weighted by Gasteiger charge is 2.08. The van der Waals surface area contributed by atoms with Crippen LogP contribution in [-0.4, -0.2) is 9.97 Å². The highest BCUT2D eigenvalue weighted by atomic mass is 35.5. The molecule has 0 aliphatic rings. The molecule has 1 heterocycles. The van der Waals surface area contributed by atoms with E-state index in [1.54, 1.807) is 12.1 Å². The Labute approximate surface area is 103 Å². The third-order valence-corrected chi connectivity index (χ3v) is 2.46. The first-order chi connectivity index (χ1) is 8.06. The summed E-state index contributed by atoms with van der Waals surface area (Å²) < 4.78 is 18.4. The van der Waals surface area contributed by atoms with Gasteiger partial charge in [-0.25, -0.2) is 9.97 Å². The molecular formula is C12H10ClFN2O. The van der Waals surface area contributed by atoms with Gasteiger partial charge < -0.3 is 4.74 Å². The molecule has 0 unspecified atom stereocenters. The van der Waals surface area contributed by atoms with Crippen LogP contribution >= 0.6 is 11.6 Å². The molecule has 5 heteroatoms. The highest BCUT2D eigenvalue weighted by molar-refractivity contribution is 6.30. The smallest absolute Gasteiger partial charge is 0.225 e. The molecule has 0 saturated carbocycles. The zero-order valence-electron chi connectivity index (χ0n) is 9.37. The number of benzene rings is 1. The minimum absolute atomic E-state index is 0.172. The van der Waals surface area contributed by atoms with Crippen LogP contribution in [-0.2, 0) is 0 Å². The first-order valence-electron chi connectivity index (χ1n) is 4.98. The van der Waals surface area contributed by atoms with Gasteiger partial charge in [0.15, 0.2) is 0 Å². The molecule has 0 amide bonds. The van der Waals surface area contributed by atoms with E-state index in [4.69, 9.17) is 16.3 Å². The predicted octanol–water partition coefficient (Wildman–Crippen LogP) is 3.68. The summed E-state index contributed by atoms with van der Waals surface area (Å²) >= 11 is 5.91. The molecule has 3 nitrogen and oxygen atoms in total. The van der Waals surface area contributed by atoms with Crippen LogP contribution in [0.4, 0.5) is 4.39 Å². The molecular weight excluding hydrogens is 243 g/mol. The van der Waals surface area contributed by atoms with E-state index in [1.807, 2.05) is 13.8 Å². The normalized spacial score (nSPS) is 10.4. The summed E-state index contributed by atoms with van der Waals surface area (Å²) in [4.78, 5) is 7.19. The van der Waals surface area contributed by atoms with Gasteiger partial charge in [-0.15, -0.1) is 0 Å². The zero-order valence-corrected chi connectivity index (χ0v) is 10.1. The summed E-state index contributed by atoms with van der Waals surface area (Å²) in [5.74, 6) is 0.179. The molecule has 0 spiro atoms. The van der Waals surface area contributed by atoms with E-state index in [0.29, 0.717) is 10.8 Å². The number of aryl methyl sites for hydroxylation is 2. The van der Waals surface area contributed by atoms with Gasteiger partial charge in [-0.3, -0.25) is 0 Å². The van der Waals surface area contributed by atoms with E-state index < -0.39 is 5.95 Å². The Bertz CT molecular complexity index is 537. The Morgan fingerprint density at radius 3 is 2.35 bits per heavy atom. The van der Waals surface area contributed by atoms with E-state index >= 15 is 0 Å². The number of aromatic nitrogens is 2. The van der Waals surface area contributed by atoms with Crippen molar-refractivity contribution in [2.24, 2.45) is 0 Å². The highest BCUT2D eigenvalue weighted by Crippen LogP contribution is 2.30. The third-order valence-electron chi connectivity index (χ3n) is 2.24. The Morgan fingerprint density at radius 1 is 1.12 bits per heavy atom. The minimum atomic E-state index is -0.626. The summed E-state index contributed by atoms with van der Waals surface area (Å²) in [6.07, 6.45) is 1.12. The van der Waals surface area contributed by atoms with E-state index in [0.717, 1.165) is 23.5 Å². The van der Waals surface area contributed by atoms with Gasteiger partial charge in [0.05, 0.1) is 6.07 Å². The standard InChI is InChI=1S/C12H10ClFN2O/c1-7-3-9(13)4-8(2)12(7)17-11-5-10(14)15-6-16-11/h3-6H,1-2H3. The molecule has 88 valence electrons. The molecule has 0 radical (unpaired) electrons. The lowest BCUT2D eigenvalue weighted by molar-refractivity contribution is 0.444. The largest absolute Gasteiger partial charge is 0.438 e. The second-order valence-electron chi connectivity index (χ2n) is 3.65. The second kappa shape index (κ2) is 4.67. The van der Waals surface area contributed by atoms with Crippen LogP contribution < -0.4 is 4.74 Å². The predicted molar refractivity (Wildman–Crippen MR) is 63.0 cm³/mol. The fraction of sp³-hybridized carbons (Fsp3) is 0.167. The Balaban J connectivity index is 2.36. The summed E-state index contributed by atoms with van der Waals surface area (Å²) in [5, 5.41) is 0.640. The number of nitrogens with zero attached hydrogens (tertiary/aromatic N) is 2. The number of halogens is 2. The van der Waals surface area contributed by atoms with Gasteiger partial charge in [0.25, 0.3) is 0 Å². The molecule has 17 heavy (non-hydrogen) atoms. The van der Waals surface area contributed by atoms with Crippen LogP contribution in [0.25, 0.3) is 0 Å². The lowest BCUT2D eigenvalue weighted by Crippen LogP contribution is -1.95. The number of rotatable bonds is 2. The zero-order chi connectivity index (χ0) is 12.4. The van der Waals surface area contributed by atoms with Crippen LogP contribution in [0.3, 0.4) is 0 Å². The van der Waals surface area contributed by atoms with Crippen molar-refractivity contribution >= 4 is 11.6 Å². The molecule has 0 aliphatic carbocycles. The van der Waals surface area contributed by atoms with E-state index in [-0.39, 0.29) is 5.88 Å². The van der Waals surface area contributed by atoms with Crippen LogP contribution in [0.2, 0.25) is 5.02 Å². The maximum Gasteiger partial charge on any atom is 0.225 e. The topological polar surface area (TPSA) is 35.0 Å². The molecule has 0 fully saturated rings. The molecule has 0 N–H and O–H groups in total. The van der Waals surface area contributed by atoms with Crippen molar-refractivity contribution in [3.63, 3.8) is 0 Å². The molecule has 1 aromatic heterocycles. The maximum absolute atomic E-state index is 12.9. The van der Waals surface area contributed by atoms with E-state index in [1.165, 1.54) is 0 Å². The average Bonchev–Trinajstić information content (AvgIpc) is 2.23. The summed E-state index contributed by atoms with van der Waals surface area (Å²) in [7, 11) is 0. The minimum Gasteiger partial charge on any atom is -0.438 e. The summed E-state index contributed by atoms with van der Waals surface area (Å²) in [5.41, 5.74) is 1.74.